The van der Waals surface area contributed by atoms with E-state index in [1.165, 1.54) is 0 Å². The highest BCUT2D eigenvalue weighted by Gasteiger charge is 2.26. The summed E-state index contributed by atoms with van der Waals surface area (Å²) in [5, 5.41) is 2.89. The summed E-state index contributed by atoms with van der Waals surface area (Å²) in [6, 6.07) is 21.8. The van der Waals surface area contributed by atoms with Gasteiger partial charge in [-0.3, -0.25) is 9.52 Å². The number of aryl methyl sites for hydroxylation is 2. The lowest BCUT2D eigenvalue weighted by molar-refractivity contribution is -0.110. The molecule has 1 aliphatic heterocycles. The maximum Gasteiger partial charge on any atom is 0.261 e. The van der Waals surface area contributed by atoms with Gasteiger partial charge in [0.05, 0.1) is 22.9 Å². The zero-order valence-corrected chi connectivity index (χ0v) is 23.9. The van der Waals surface area contributed by atoms with Crippen molar-refractivity contribution in [2.24, 2.45) is 0 Å². The van der Waals surface area contributed by atoms with Crippen molar-refractivity contribution in [2.45, 2.75) is 25.2 Å². The summed E-state index contributed by atoms with van der Waals surface area (Å²) in [5.74, 6) is 0.587. The van der Waals surface area contributed by atoms with Gasteiger partial charge >= 0.3 is 0 Å². The minimum absolute atomic E-state index is 0.177. The van der Waals surface area contributed by atoms with Crippen molar-refractivity contribution in [3.8, 4) is 16.9 Å². The molecule has 0 fully saturated rings. The Kier molecular flexibility index (Phi) is 7.65. The van der Waals surface area contributed by atoms with Gasteiger partial charge in [0, 0.05) is 23.2 Å². The van der Waals surface area contributed by atoms with Crippen LogP contribution in [-0.2, 0) is 14.8 Å². The van der Waals surface area contributed by atoms with E-state index in [2.05, 4.69) is 21.0 Å². The molecule has 0 spiro atoms. The largest absolute Gasteiger partial charge is 0.493 e. The molecule has 2 aromatic rings. The summed E-state index contributed by atoms with van der Waals surface area (Å²) in [6.07, 6.45) is 2.81. The van der Waals surface area contributed by atoms with Crippen molar-refractivity contribution in [1.82, 2.24) is 4.90 Å². The van der Waals surface area contributed by atoms with Crippen LogP contribution in [0.5, 0.6) is 5.75 Å². The lowest BCUT2D eigenvalue weighted by Crippen LogP contribution is -2.15. The molecule has 3 aliphatic rings. The second kappa shape index (κ2) is 11.2. The van der Waals surface area contributed by atoms with E-state index in [9.17, 15) is 13.2 Å². The van der Waals surface area contributed by atoms with Gasteiger partial charge in [-0.1, -0.05) is 42.0 Å². The van der Waals surface area contributed by atoms with Gasteiger partial charge in [-0.2, -0.15) is 0 Å². The molecule has 206 valence electrons. The van der Waals surface area contributed by atoms with E-state index in [1.54, 1.807) is 42.5 Å². The van der Waals surface area contributed by atoms with E-state index in [1.807, 2.05) is 58.3 Å². The predicted octanol–water partition coefficient (Wildman–Crippen LogP) is 6.03. The van der Waals surface area contributed by atoms with Gasteiger partial charge in [0.15, 0.2) is 0 Å². The molecule has 0 saturated carbocycles. The summed E-state index contributed by atoms with van der Waals surface area (Å²) in [7, 11) is 0.331. The Balaban J connectivity index is 1.42. The highest BCUT2D eigenvalue weighted by Crippen LogP contribution is 2.42. The molecule has 8 heteroatoms. The monoisotopic (exact) mass is 555 g/mol. The van der Waals surface area contributed by atoms with E-state index in [-0.39, 0.29) is 10.8 Å². The van der Waals surface area contributed by atoms with E-state index in [4.69, 9.17) is 4.74 Å². The number of rotatable bonds is 9. The summed E-state index contributed by atoms with van der Waals surface area (Å²) in [4.78, 5) is 15.3. The van der Waals surface area contributed by atoms with Crippen LogP contribution in [0.25, 0.3) is 22.8 Å². The second-order valence-corrected chi connectivity index (χ2v) is 12.0. The fourth-order valence-corrected chi connectivity index (χ4v) is 5.97. The maximum atomic E-state index is 13.0. The molecule has 5 rings (SSSR count). The number of nitrogens with one attached hydrogen (secondary N) is 2. The van der Waals surface area contributed by atoms with E-state index in [0.29, 0.717) is 23.6 Å². The molecule has 2 aliphatic carbocycles. The third-order valence-electron chi connectivity index (χ3n) is 6.91. The predicted molar refractivity (Wildman–Crippen MR) is 161 cm³/mol. The molecule has 40 heavy (non-hydrogen) atoms. The molecule has 0 atom stereocenters. The van der Waals surface area contributed by atoms with Crippen LogP contribution >= 0.6 is 0 Å². The number of amides is 1. The number of ether oxygens (including phenoxy) is 1. The van der Waals surface area contributed by atoms with Crippen LogP contribution < -0.4 is 14.8 Å². The zero-order valence-electron chi connectivity index (χ0n) is 23.1. The Labute approximate surface area is 235 Å². The Morgan fingerprint density at radius 1 is 0.950 bits per heavy atom. The van der Waals surface area contributed by atoms with Crippen molar-refractivity contribution in [1.29, 1.82) is 0 Å². The number of sulfonamides is 1. The lowest BCUT2D eigenvalue weighted by atomic mass is 10.0. The fourth-order valence-electron chi connectivity index (χ4n) is 4.92. The Morgan fingerprint density at radius 3 is 2.45 bits per heavy atom. The van der Waals surface area contributed by atoms with Crippen LogP contribution in [0.4, 0.5) is 11.4 Å². The van der Waals surface area contributed by atoms with E-state index in [0.717, 1.165) is 52.1 Å². The molecule has 0 aromatic heterocycles. The number of hydrogen-bond donors (Lipinski definition) is 2. The quantitative estimate of drug-likeness (QED) is 0.194. The topological polar surface area (TPSA) is 87.7 Å². The molecule has 1 amide bonds. The third kappa shape index (κ3) is 5.73. The molecule has 0 unspecified atom stereocenters. The number of carbonyl (C=O) groups is 1. The summed E-state index contributed by atoms with van der Waals surface area (Å²) in [6.45, 7) is 5.51. The summed E-state index contributed by atoms with van der Waals surface area (Å²) in [5.41, 5.74) is 7.17. The van der Waals surface area contributed by atoms with Crippen LogP contribution in [0.1, 0.15) is 28.7 Å². The van der Waals surface area contributed by atoms with Crippen molar-refractivity contribution in [3.05, 3.63) is 95.1 Å². The SMILES string of the molecule is Cc1ccc(S(=O)(=O)Nc2ccc3c(c2)NC(=O)/C3=C\c2cc(C)c3c(OCCCN(C)C)ccccc2-3)cc1. The standard InChI is InChI=1S/C32H33N3O4S/c1-21-10-13-25(14-11-21)40(37,38)34-24-12-15-27-28(32(36)33-29(27)20-24)19-23-18-22(2)31-26(23)8-5-6-9-30(31)39-17-7-16-35(3)4/h5-6,8-15,18-20,34H,7,16-17H2,1-4H3,(H,33,36)/b28-19-. The van der Waals surface area contributed by atoms with Gasteiger partial charge in [0.1, 0.15) is 5.75 Å². The molecule has 2 N–H and O–H groups in total. The van der Waals surface area contributed by atoms with E-state index >= 15 is 0 Å². The van der Waals surface area contributed by atoms with Gasteiger partial charge in [0.25, 0.3) is 15.9 Å². The van der Waals surface area contributed by atoms with Crippen LogP contribution in [0.3, 0.4) is 0 Å². The van der Waals surface area contributed by atoms with Crippen molar-refractivity contribution < 1.29 is 17.9 Å². The van der Waals surface area contributed by atoms with Gasteiger partial charge in [-0.25, -0.2) is 8.42 Å². The highest BCUT2D eigenvalue weighted by molar-refractivity contribution is 7.92. The maximum absolute atomic E-state index is 13.0. The number of carbonyl (C=O) groups excluding carboxylic acids is 1. The first-order chi connectivity index (χ1) is 19.1. The first kappa shape index (κ1) is 27.4. The smallest absolute Gasteiger partial charge is 0.261 e. The first-order valence-electron chi connectivity index (χ1n) is 13.2. The van der Waals surface area contributed by atoms with Gasteiger partial charge in [0.2, 0.25) is 0 Å². The average molecular weight is 556 g/mol. The number of fused-ring (bicyclic) bond motifs is 2. The van der Waals surface area contributed by atoms with Crippen LogP contribution in [0.15, 0.2) is 77.7 Å². The number of anilines is 2. The molecule has 7 nitrogen and oxygen atoms in total. The normalized spacial score (nSPS) is 14.0. The minimum atomic E-state index is -3.76. The average Bonchev–Trinajstić information content (AvgIpc) is 3.27. The van der Waals surface area contributed by atoms with Crippen molar-refractivity contribution in [2.75, 3.05) is 37.3 Å². The molecular formula is C32H33N3O4S. The zero-order chi connectivity index (χ0) is 28.4. The van der Waals surface area contributed by atoms with E-state index < -0.39 is 10.0 Å². The highest BCUT2D eigenvalue weighted by atomic mass is 32.2. The van der Waals surface area contributed by atoms with Gasteiger partial charge in [-0.15, -0.1) is 0 Å². The molecule has 0 radical (unpaired) electrons. The van der Waals surface area contributed by atoms with Gasteiger partial charge in [-0.05, 0) is 93.5 Å². The summed E-state index contributed by atoms with van der Waals surface area (Å²) >= 11 is 0. The van der Waals surface area contributed by atoms with Crippen molar-refractivity contribution in [3.63, 3.8) is 0 Å². The Bertz CT molecular complexity index is 1680. The molecular weight excluding hydrogens is 522 g/mol. The van der Waals surface area contributed by atoms with Crippen LogP contribution in [-0.4, -0.2) is 46.5 Å². The molecule has 0 saturated heterocycles. The van der Waals surface area contributed by atoms with Crippen molar-refractivity contribution >= 4 is 39.0 Å². The Morgan fingerprint density at radius 2 is 1.70 bits per heavy atom. The number of nitrogens with zero attached hydrogens (tertiary/aromatic N) is 1. The first-order valence-corrected chi connectivity index (χ1v) is 14.7. The summed E-state index contributed by atoms with van der Waals surface area (Å²) < 4.78 is 34.5. The van der Waals surface area contributed by atoms with Crippen LogP contribution in [0, 0.1) is 13.8 Å². The molecule has 2 aromatic carbocycles. The number of hydrogen-bond acceptors (Lipinski definition) is 5. The Hall–Kier alpha value is -4.14. The second-order valence-electron chi connectivity index (χ2n) is 10.4. The number of benzene rings is 2. The molecule has 0 bridgehead atoms. The minimum Gasteiger partial charge on any atom is -0.493 e. The van der Waals surface area contributed by atoms with Crippen LogP contribution in [0.2, 0.25) is 0 Å². The fraction of sp³-hybridized carbons (Fsp3) is 0.219. The molecule has 1 heterocycles. The van der Waals surface area contributed by atoms with Gasteiger partial charge < -0.3 is 15.0 Å². The third-order valence-corrected chi connectivity index (χ3v) is 8.31. The lowest BCUT2D eigenvalue weighted by Gasteiger charge is -2.12.